The first kappa shape index (κ1) is 14.6. The number of halogens is 1. The largest absolute Gasteiger partial charge is 0.356 e. The lowest BCUT2D eigenvalue weighted by Gasteiger charge is -2.13. The summed E-state index contributed by atoms with van der Waals surface area (Å²) in [4.78, 5) is 14.9. The molecule has 3 rings (SSSR count). The predicted molar refractivity (Wildman–Crippen MR) is 90.0 cm³/mol. The van der Waals surface area contributed by atoms with E-state index in [2.05, 4.69) is 23.3 Å². The van der Waals surface area contributed by atoms with Gasteiger partial charge < -0.3 is 10.2 Å². The van der Waals surface area contributed by atoms with Gasteiger partial charge in [-0.1, -0.05) is 11.6 Å². The Morgan fingerprint density at radius 2 is 2.24 bits per heavy atom. The van der Waals surface area contributed by atoms with E-state index in [4.69, 9.17) is 11.6 Å². The summed E-state index contributed by atoms with van der Waals surface area (Å²) in [6.07, 6.45) is 4.47. The first-order chi connectivity index (χ1) is 10.1. The first-order valence-corrected chi connectivity index (χ1v) is 8.10. The molecule has 0 aliphatic carbocycles. The van der Waals surface area contributed by atoms with Gasteiger partial charge in [0.2, 0.25) is 5.91 Å². The summed E-state index contributed by atoms with van der Waals surface area (Å²) in [6, 6.07) is 4.06. The van der Waals surface area contributed by atoms with Crippen LogP contribution < -0.4 is 5.32 Å². The van der Waals surface area contributed by atoms with Crippen molar-refractivity contribution in [1.82, 2.24) is 10.2 Å². The summed E-state index contributed by atoms with van der Waals surface area (Å²) >= 11 is 8.12. The van der Waals surface area contributed by atoms with E-state index in [1.807, 2.05) is 12.1 Å². The Hall–Kier alpha value is -1.36. The van der Waals surface area contributed by atoms with Crippen molar-refractivity contribution in [3.05, 3.63) is 39.2 Å². The second-order valence-corrected chi connectivity index (χ2v) is 6.77. The molecule has 5 heteroatoms. The molecular formula is C16H17ClN2OS. The normalized spacial score (nSPS) is 15.6. The predicted octanol–water partition coefficient (Wildman–Crippen LogP) is 3.30. The fraction of sp³-hybridized carbons (Fsp3) is 0.312. The molecule has 21 heavy (non-hydrogen) atoms. The second-order valence-electron chi connectivity index (χ2n) is 5.28. The van der Waals surface area contributed by atoms with Crippen LogP contribution in [0.5, 0.6) is 0 Å². The summed E-state index contributed by atoms with van der Waals surface area (Å²) in [5.41, 5.74) is 2.53. The Bertz CT molecular complexity index is 735. The molecule has 0 atom stereocenters. The Balaban J connectivity index is 2.18. The van der Waals surface area contributed by atoms with E-state index in [9.17, 15) is 4.79 Å². The van der Waals surface area contributed by atoms with Crippen LogP contribution in [0.15, 0.2) is 18.2 Å². The van der Waals surface area contributed by atoms with Crippen LogP contribution in [-0.4, -0.2) is 31.4 Å². The Kier molecular flexibility index (Phi) is 4.02. The zero-order valence-corrected chi connectivity index (χ0v) is 13.6. The smallest absolute Gasteiger partial charge is 0.243 e. The minimum atomic E-state index is -0.0834. The quantitative estimate of drug-likeness (QED) is 0.861. The number of thiophene rings is 1. The molecule has 110 valence electrons. The van der Waals surface area contributed by atoms with Crippen LogP contribution in [0.25, 0.3) is 16.2 Å². The summed E-state index contributed by atoms with van der Waals surface area (Å²) in [5.74, 6) is -0.0834. The fourth-order valence-corrected chi connectivity index (χ4v) is 4.14. The third kappa shape index (κ3) is 2.71. The van der Waals surface area contributed by atoms with E-state index >= 15 is 0 Å². The van der Waals surface area contributed by atoms with E-state index in [1.54, 1.807) is 24.5 Å². The van der Waals surface area contributed by atoms with Crippen molar-refractivity contribution in [3.63, 3.8) is 0 Å². The second kappa shape index (κ2) is 5.79. The Morgan fingerprint density at radius 1 is 1.43 bits per heavy atom. The molecule has 1 aromatic heterocycles. The molecule has 0 radical (unpaired) electrons. The van der Waals surface area contributed by atoms with Crippen LogP contribution >= 0.6 is 22.9 Å². The number of nitrogens with zero attached hydrogens (tertiary/aromatic N) is 1. The minimum absolute atomic E-state index is 0.0834. The van der Waals surface area contributed by atoms with Gasteiger partial charge in [0.05, 0.1) is 0 Å². The highest BCUT2D eigenvalue weighted by atomic mass is 35.5. The van der Waals surface area contributed by atoms with Crippen molar-refractivity contribution in [2.75, 3.05) is 20.6 Å². The van der Waals surface area contributed by atoms with E-state index in [0.29, 0.717) is 0 Å². The van der Waals surface area contributed by atoms with Crippen molar-refractivity contribution in [1.29, 1.82) is 0 Å². The molecule has 0 saturated heterocycles. The molecule has 2 aromatic rings. The number of hydrogen-bond donors (Lipinski definition) is 1. The van der Waals surface area contributed by atoms with Gasteiger partial charge in [0.1, 0.15) is 0 Å². The number of likely N-dealkylation sites (N-methyl/N-ethyl adjacent to an activating group) is 2. The number of carbonyl (C=O) groups is 1. The highest BCUT2D eigenvalue weighted by Gasteiger charge is 2.20. The first-order valence-electron chi connectivity index (χ1n) is 6.91. The van der Waals surface area contributed by atoms with Crippen LogP contribution in [0, 0.1) is 0 Å². The summed E-state index contributed by atoms with van der Waals surface area (Å²) in [5, 5.41) is 4.74. The molecule has 0 bridgehead atoms. The molecule has 0 spiro atoms. The third-order valence-corrected chi connectivity index (χ3v) is 5.36. The molecule has 1 aromatic carbocycles. The van der Waals surface area contributed by atoms with Crippen LogP contribution in [0.1, 0.15) is 16.0 Å². The molecule has 2 heterocycles. The van der Waals surface area contributed by atoms with Gasteiger partial charge in [-0.15, -0.1) is 11.3 Å². The highest BCUT2D eigenvalue weighted by Crippen LogP contribution is 2.39. The summed E-state index contributed by atoms with van der Waals surface area (Å²) in [6.45, 7) is 1.89. The lowest BCUT2D eigenvalue weighted by atomic mass is 10.0. The van der Waals surface area contributed by atoms with Gasteiger partial charge in [-0.05, 0) is 42.8 Å². The van der Waals surface area contributed by atoms with Gasteiger partial charge >= 0.3 is 0 Å². The number of benzene rings is 1. The van der Waals surface area contributed by atoms with Crippen molar-refractivity contribution in [3.8, 4) is 0 Å². The number of nitrogens with one attached hydrogen (secondary N) is 1. The average molecular weight is 321 g/mol. The summed E-state index contributed by atoms with van der Waals surface area (Å²) < 4.78 is 1.25. The standard InChI is InChI=1S/C16H17ClN2OS/c1-18-15(20)6-5-13-11-9-19(2)8-7-10-12(17)3-4-14(21-13)16(10)11/h3-6H,7-9H2,1-2H3,(H,18,20). The molecule has 1 aliphatic rings. The van der Waals surface area contributed by atoms with Crippen molar-refractivity contribution < 1.29 is 4.79 Å². The van der Waals surface area contributed by atoms with Gasteiger partial charge in [-0.2, -0.15) is 0 Å². The van der Waals surface area contributed by atoms with Crippen molar-refractivity contribution in [2.24, 2.45) is 0 Å². The van der Waals surface area contributed by atoms with Crippen molar-refractivity contribution >= 4 is 45.0 Å². The lowest BCUT2D eigenvalue weighted by molar-refractivity contribution is -0.115. The molecule has 3 nitrogen and oxygen atoms in total. The maximum atomic E-state index is 11.4. The van der Waals surface area contributed by atoms with Gasteiger partial charge in [0.15, 0.2) is 0 Å². The summed E-state index contributed by atoms with van der Waals surface area (Å²) in [7, 11) is 3.76. The van der Waals surface area contributed by atoms with Gasteiger partial charge in [-0.25, -0.2) is 0 Å². The molecule has 1 aliphatic heterocycles. The maximum absolute atomic E-state index is 11.4. The molecule has 0 unspecified atom stereocenters. The average Bonchev–Trinajstić information content (AvgIpc) is 2.70. The number of hydrogen-bond acceptors (Lipinski definition) is 3. The zero-order valence-electron chi connectivity index (χ0n) is 12.1. The van der Waals surface area contributed by atoms with E-state index in [1.165, 1.54) is 21.2 Å². The maximum Gasteiger partial charge on any atom is 0.243 e. The van der Waals surface area contributed by atoms with E-state index < -0.39 is 0 Å². The van der Waals surface area contributed by atoms with Crippen LogP contribution in [0.4, 0.5) is 0 Å². The van der Waals surface area contributed by atoms with Crippen LogP contribution in [-0.2, 0) is 17.8 Å². The minimum Gasteiger partial charge on any atom is -0.356 e. The van der Waals surface area contributed by atoms with Gasteiger partial charge in [0.25, 0.3) is 0 Å². The lowest BCUT2D eigenvalue weighted by Crippen LogP contribution is -2.18. The monoisotopic (exact) mass is 320 g/mol. The molecular weight excluding hydrogens is 304 g/mol. The fourth-order valence-electron chi connectivity index (χ4n) is 2.74. The Labute approximate surface area is 133 Å². The van der Waals surface area contributed by atoms with Gasteiger partial charge in [-0.3, -0.25) is 4.79 Å². The Morgan fingerprint density at radius 3 is 3.00 bits per heavy atom. The molecule has 0 fully saturated rings. The third-order valence-electron chi connectivity index (χ3n) is 3.84. The van der Waals surface area contributed by atoms with Crippen LogP contribution in [0.2, 0.25) is 5.02 Å². The number of carbonyl (C=O) groups excluding carboxylic acids is 1. The van der Waals surface area contributed by atoms with Crippen molar-refractivity contribution in [2.45, 2.75) is 13.0 Å². The molecule has 1 N–H and O–H groups in total. The number of amides is 1. The van der Waals surface area contributed by atoms with Gasteiger partial charge in [0, 0.05) is 46.2 Å². The highest BCUT2D eigenvalue weighted by molar-refractivity contribution is 7.20. The van der Waals surface area contributed by atoms with E-state index in [0.717, 1.165) is 29.4 Å². The van der Waals surface area contributed by atoms with E-state index in [-0.39, 0.29) is 5.91 Å². The van der Waals surface area contributed by atoms with Crippen LogP contribution in [0.3, 0.4) is 0 Å². The molecule has 0 saturated carbocycles. The topological polar surface area (TPSA) is 32.3 Å². The SMILES string of the molecule is CNC(=O)C=Cc1sc2ccc(Cl)c3c2c1CN(C)CC3. The number of rotatable bonds is 2. The molecule has 1 amide bonds. The zero-order chi connectivity index (χ0) is 15.0.